The third-order valence-corrected chi connectivity index (χ3v) is 2.82. The Morgan fingerprint density at radius 2 is 1.95 bits per heavy atom. The van der Waals surface area contributed by atoms with Gasteiger partial charge in [-0.25, -0.2) is 0 Å². The van der Waals surface area contributed by atoms with Crippen LogP contribution in [0.3, 0.4) is 0 Å². The van der Waals surface area contributed by atoms with E-state index < -0.39 is 0 Å². The number of benzene rings is 2. The van der Waals surface area contributed by atoms with E-state index in [2.05, 4.69) is 6.92 Å². The van der Waals surface area contributed by atoms with E-state index in [9.17, 15) is 4.79 Å². The topological polar surface area (TPSA) is 50.1 Å². The third-order valence-electron chi connectivity index (χ3n) is 2.82. The summed E-state index contributed by atoms with van der Waals surface area (Å²) in [6, 6.07) is 14.5. The number of ether oxygens (including phenoxy) is 1. The van der Waals surface area contributed by atoms with Gasteiger partial charge in [0.15, 0.2) is 0 Å². The number of carbonyl (C=O) groups excluding carboxylic acids is 1. The second-order valence-corrected chi connectivity index (χ2v) is 4.08. The van der Waals surface area contributed by atoms with E-state index >= 15 is 0 Å². The molecule has 0 N–H and O–H groups in total. The van der Waals surface area contributed by atoms with Gasteiger partial charge in [-0.3, -0.25) is 4.79 Å². The average molecular weight is 251 g/mol. The van der Waals surface area contributed by atoms with Crippen LogP contribution in [0, 0.1) is 11.3 Å². The van der Waals surface area contributed by atoms with E-state index in [1.54, 1.807) is 12.1 Å². The minimum Gasteiger partial charge on any atom is -0.456 e. The lowest BCUT2D eigenvalue weighted by Gasteiger charge is -2.08. The van der Waals surface area contributed by atoms with Gasteiger partial charge in [0.05, 0.1) is 5.56 Å². The van der Waals surface area contributed by atoms with E-state index in [1.807, 2.05) is 30.3 Å². The molecule has 2 aromatic rings. The highest BCUT2D eigenvalue weighted by Crippen LogP contribution is 2.25. The SMILES string of the molecule is CCc1ccc(Oc2ccc(C=O)cc2C#N)cc1. The second-order valence-electron chi connectivity index (χ2n) is 4.08. The highest BCUT2D eigenvalue weighted by Gasteiger charge is 2.06. The molecule has 0 saturated heterocycles. The number of rotatable bonds is 4. The van der Waals surface area contributed by atoms with Crippen molar-refractivity contribution in [2.45, 2.75) is 13.3 Å². The number of nitrogens with zero attached hydrogens (tertiary/aromatic N) is 1. The van der Waals surface area contributed by atoms with Crippen molar-refractivity contribution in [1.29, 1.82) is 5.26 Å². The Morgan fingerprint density at radius 3 is 2.53 bits per heavy atom. The summed E-state index contributed by atoms with van der Waals surface area (Å²) in [4.78, 5) is 10.7. The molecule has 0 atom stereocenters. The summed E-state index contributed by atoms with van der Waals surface area (Å²) < 4.78 is 5.66. The van der Waals surface area contributed by atoms with E-state index in [4.69, 9.17) is 10.00 Å². The van der Waals surface area contributed by atoms with Gasteiger partial charge in [-0.05, 0) is 42.3 Å². The van der Waals surface area contributed by atoms with Gasteiger partial charge in [0.25, 0.3) is 0 Å². The Labute approximate surface area is 112 Å². The Balaban J connectivity index is 2.27. The van der Waals surface area contributed by atoms with Crippen LogP contribution in [0.1, 0.15) is 28.4 Å². The molecular weight excluding hydrogens is 238 g/mol. The molecule has 0 aliphatic carbocycles. The fourth-order valence-electron chi connectivity index (χ4n) is 1.72. The Bertz CT molecular complexity index is 624. The van der Waals surface area contributed by atoms with Crippen molar-refractivity contribution in [3.63, 3.8) is 0 Å². The number of nitriles is 1. The molecule has 0 saturated carbocycles. The first-order valence-corrected chi connectivity index (χ1v) is 6.03. The zero-order valence-electron chi connectivity index (χ0n) is 10.6. The summed E-state index contributed by atoms with van der Waals surface area (Å²) in [6.07, 6.45) is 1.68. The van der Waals surface area contributed by atoms with Crippen molar-refractivity contribution in [2.24, 2.45) is 0 Å². The summed E-state index contributed by atoms with van der Waals surface area (Å²) in [5.41, 5.74) is 2.04. The van der Waals surface area contributed by atoms with Crippen LogP contribution >= 0.6 is 0 Å². The van der Waals surface area contributed by atoms with Crippen molar-refractivity contribution in [3.05, 3.63) is 59.2 Å². The molecule has 0 aliphatic rings. The predicted molar refractivity (Wildman–Crippen MR) is 72.4 cm³/mol. The van der Waals surface area contributed by atoms with E-state index in [-0.39, 0.29) is 0 Å². The molecule has 0 unspecified atom stereocenters. The van der Waals surface area contributed by atoms with Gasteiger partial charge in [-0.15, -0.1) is 0 Å². The highest BCUT2D eigenvalue weighted by molar-refractivity contribution is 5.76. The summed E-state index contributed by atoms with van der Waals surface area (Å²) in [6.45, 7) is 2.09. The van der Waals surface area contributed by atoms with Crippen LogP contribution in [0.5, 0.6) is 11.5 Å². The minimum absolute atomic E-state index is 0.351. The van der Waals surface area contributed by atoms with Gasteiger partial charge in [0.1, 0.15) is 23.9 Å². The van der Waals surface area contributed by atoms with E-state index in [0.29, 0.717) is 28.9 Å². The van der Waals surface area contributed by atoms with Gasteiger partial charge in [0, 0.05) is 5.56 Å². The normalized spacial score (nSPS) is 9.68. The lowest BCUT2D eigenvalue weighted by Crippen LogP contribution is -1.91. The quantitative estimate of drug-likeness (QED) is 0.778. The third kappa shape index (κ3) is 2.99. The molecule has 0 aliphatic heterocycles. The largest absolute Gasteiger partial charge is 0.456 e. The van der Waals surface area contributed by atoms with Gasteiger partial charge >= 0.3 is 0 Å². The van der Waals surface area contributed by atoms with Gasteiger partial charge in [-0.2, -0.15) is 5.26 Å². The molecular formula is C16H13NO2. The molecule has 0 spiro atoms. The van der Waals surface area contributed by atoms with Crippen LogP contribution in [0.25, 0.3) is 0 Å². The minimum atomic E-state index is 0.351. The molecule has 0 bridgehead atoms. The number of aldehydes is 1. The van der Waals surface area contributed by atoms with Crippen molar-refractivity contribution in [3.8, 4) is 17.6 Å². The lowest BCUT2D eigenvalue weighted by atomic mass is 10.1. The number of carbonyl (C=O) groups is 1. The van der Waals surface area contributed by atoms with Crippen LogP contribution < -0.4 is 4.74 Å². The molecule has 3 heteroatoms. The highest BCUT2D eigenvalue weighted by atomic mass is 16.5. The summed E-state index contributed by atoms with van der Waals surface area (Å²) in [5, 5.41) is 9.05. The maximum Gasteiger partial charge on any atom is 0.150 e. The fraction of sp³-hybridized carbons (Fsp3) is 0.125. The Hall–Kier alpha value is -2.60. The first kappa shape index (κ1) is 12.8. The van der Waals surface area contributed by atoms with Crippen LogP contribution in [0.4, 0.5) is 0 Å². The molecule has 0 aromatic heterocycles. The molecule has 0 heterocycles. The van der Waals surface area contributed by atoms with Crippen LogP contribution in [-0.4, -0.2) is 6.29 Å². The van der Waals surface area contributed by atoms with Crippen LogP contribution in [-0.2, 0) is 6.42 Å². The van der Waals surface area contributed by atoms with Crippen LogP contribution in [0.2, 0.25) is 0 Å². The fourth-order valence-corrected chi connectivity index (χ4v) is 1.72. The van der Waals surface area contributed by atoms with Crippen molar-refractivity contribution in [1.82, 2.24) is 0 Å². The first-order chi connectivity index (χ1) is 9.26. The van der Waals surface area contributed by atoms with Crippen molar-refractivity contribution < 1.29 is 9.53 Å². The maximum atomic E-state index is 10.7. The number of hydrogen-bond acceptors (Lipinski definition) is 3. The maximum absolute atomic E-state index is 10.7. The van der Waals surface area contributed by atoms with Crippen molar-refractivity contribution in [2.75, 3.05) is 0 Å². The molecule has 0 amide bonds. The smallest absolute Gasteiger partial charge is 0.150 e. The standard InChI is InChI=1S/C16H13NO2/c1-2-12-3-6-15(7-4-12)19-16-8-5-13(11-18)9-14(16)10-17/h3-9,11H,2H2,1H3. The average Bonchev–Trinajstić information content (AvgIpc) is 2.48. The van der Waals surface area contributed by atoms with Gasteiger partial charge in [0.2, 0.25) is 0 Å². The molecule has 19 heavy (non-hydrogen) atoms. The molecule has 0 fully saturated rings. The zero-order chi connectivity index (χ0) is 13.7. The molecule has 3 nitrogen and oxygen atoms in total. The van der Waals surface area contributed by atoms with Gasteiger partial charge < -0.3 is 4.74 Å². The molecule has 2 rings (SSSR count). The van der Waals surface area contributed by atoms with E-state index in [0.717, 1.165) is 6.42 Å². The lowest BCUT2D eigenvalue weighted by molar-refractivity contribution is 0.112. The Kier molecular flexibility index (Phi) is 3.94. The summed E-state index contributed by atoms with van der Waals surface area (Å²) in [7, 11) is 0. The number of aryl methyl sites for hydroxylation is 1. The summed E-state index contributed by atoms with van der Waals surface area (Å²) >= 11 is 0. The molecule has 2 aromatic carbocycles. The zero-order valence-corrected chi connectivity index (χ0v) is 10.6. The van der Waals surface area contributed by atoms with Gasteiger partial charge in [-0.1, -0.05) is 19.1 Å². The predicted octanol–water partition coefficient (Wildman–Crippen LogP) is 3.73. The van der Waals surface area contributed by atoms with Crippen LogP contribution in [0.15, 0.2) is 42.5 Å². The number of hydrogen-bond donors (Lipinski definition) is 0. The van der Waals surface area contributed by atoms with E-state index in [1.165, 1.54) is 11.6 Å². The molecule has 94 valence electrons. The first-order valence-electron chi connectivity index (χ1n) is 6.03. The summed E-state index contributed by atoms with van der Waals surface area (Å²) in [5.74, 6) is 1.13. The Morgan fingerprint density at radius 1 is 1.21 bits per heavy atom. The van der Waals surface area contributed by atoms with Crippen molar-refractivity contribution >= 4 is 6.29 Å². The monoisotopic (exact) mass is 251 g/mol. The molecule has 0 radical (unpaired) electrons. The second kappa shape index (κ2) is 5.83.